The highest BCUT2D eigenvalue weighted by molar-refractivity contribution is 7.92. The summed E-state index contributed by atoms with van der Waals surface area (Å²) in [6.45, 7) is 0. The predicted molar refractivity (Wildman–Crippen MR) is 102 cm³/mol. The fourth-order valence-electron chi connectivity index (χ4n) is 2.70. The van der Waals surface area contributed by atoms with Crippen molar-refractivity contribution in [2.75, 3.05) is 4.72 Å². The van der Waals surface area contributed by atoms with Gasteiger partial charge in [-0.25, -0.2) is 18.4 Å². The predicted octanol–water partition coefficient (Wildman–Crippen LogP) is 4.08. The Kier molecular flexibility index (Phi) is 4.10. The van der Waals surface area contributed by atoms with Crippen LogP contribution in [0, 0.1) is 0 Å². The molecule has 3 heterocycles. The van der Waals surface area contributed by atoms with Crippen LogP contribution in [-0.2, 0) is 10.0 Å². The number of aromatic nitrogens is 3. The summed E-state index contributed by atoms with van der Waals surface area (Å²) in [4.78, 5) is 11.6. The molecule has 0 saturated heterocycles. The van der Waals surface area contributed by atoms with Gasteiger partial charge in [0.1, 0.15) is 16.6 Å². The summed E-state index contributed by atoms with van der Waals surface area (Å²) in [6, 6.07) is 15.2. The SMILES string of the molecule is O=S(=O)(Nc1cc(-c2c[nH]c3ncccc23)cc(Cl)n1)c1ccccc1. The highest BCUT2D eigenvalue weighted by Crippen LogP contribution is 2.31. The van der Waals surface area contributed by atoms with Crippen molar-refractivity contribution in [2.24, 2.45) is 0 Å². The number of benzene rings is 1. The fraction of sp³-hybridized carbons (Fsp3) is 0. The van der Waals surface area contributed by atoms with Gasteiger partial charge in [-0.2, -0.15) is 0 Å². The van der Waals surface area contributed by atoms with Gasteiger partial charge in [-0.05, 0) is 42.0 Å². The number of aromatic amines is 1. The van der Waals surface area contributed by atoms with E-state index in [1.807, 2.05) is 12.1 Å². The lowest BCUT2D eigenvalue weighted by atomic mass is 10.1. The van der Waals surface area contributed by atoms with Gasteiger partial charge < -0.3 is 4.98 Å². The van der Waals surface area contributed by atoms with Crippen molar-refractivity contribution in [2.45, 2.75) is 4.90 Å². The number of halogens is 1. The average molecular weight is 385 g/mol. The van der Waals surface area contributed by atoms with Crippen molar-refractivity contribution in [3.63, 3.8) is 0 Å². The van der Waals surface area contributed by atoms with Crippen LogP contribution < -0.4 is 4.72 Å². The Bertz CT molecular complexity index is 1190. The number of rotatable bonds is 4. The van der Waals surface area contributed by atoms with Gasteiger partial charge in [0.2, 0.25) is 0 Å². The van der Waals surface area contributed by atoms with Gasteiger partial charge in [-0.3, -0.25) is 4.72 Å². The Morgan fingerprint density at radius 1 is 1.04 bits per heavy atom. The summed E-state index contributed by atoms with van der Waals surface area (Å²) in [5.74, 6) is 0.148. The zero-order chi connectivity index (χ0) is 18.1. The molecule has 130 valence electrons. The fourth-order valence-corrected chi connectivity index (χ4v) is 3.92. The Labute approximate surface area is 154 Å². The molecule has 0 aliphatic heterocycles. The van der Waals surface area contributed by atoms with E-state index >= 15 is 0 Å². The Hall–Kier alpha value is -2.90. The van der Waals surface area contributed by atoms with Gasteiger partial charge in [0.05, 0.1) is 4.90 Å². The van der Waals surface area contributed by atoms with Gasteiger partial charge in [0.25, 0.3) is 10.0 Å². The molecule has 8 heteroatoms. The van der Waals surface area contributed by atoms with Crippen LogP contribution in [0.4, 0.5) is 5.82 Å². The van der Waals surface area contributed by atoms with E-state index in [4.69, 9.17) is 11.6 Å². The maximum Gasteiger partial charge on any atom is 0.263 e. The molecular formula is C18H13ClN4O2S. The second kappa shape index (κ2) is 6.44. The van der Waals surface area contributed by atoms with Crippen molar-refractivity contribution >= 4 is 38.5 Å². The summed E-state index contributed by atoms with van der Waals surface area (Å²) in [5.41, 5.74) is 2.33. The molecule has 0 aliphatic rings. The molecule has 0 radical (unpaired) electrons. The largest absolute Gasteiger partial charge is 0.346 e. The van der Waals surface area contributed by atoms with Crippen molar-refractivity contribution in [1.29, 1.82) is 0 Å². The second-order valence-electron chi connectivity index (χ2n) is 5.58. The van der Waals surface area contributed by atoms with Crippen molar-refractivity contribution in [3.05, 3.63) is 72.1 Å². The van der Waals surface area contributed by atoms with Gasteiger partial charge in [0.15, 0.2) is 0 Å². The maximum atomic E-state index is 12.5. The topological polar surface area (TPSA) is 87.7 Å². The first kappa shape index (κ1) is 16.6. The van der Waals surface area contributed by atoms with Crippen LogP contribution in [0.1, 0.15) is 0 Å². The minimum Gasteiger partial charge on any atom is -0.346 e. The number of anilines is 1. The van der Waals surface area contributed by atoms with Crippen LogP contribution >= 0.6 is 11.6 Å². The van der Waals surface area contributed by atoms with Crippen LogP contribution in [0.3, 0.4) is 0 Å². The first-order valence-electron chi connectivity index (χ1n) is 7.71. The van der Waals surface area contributed by atoms with Gasteiger partial charge in [0, 0.05) is 23.3 Å². The molecule has 0 spiro atoms. The van der Waals surface area contributed by atoms with Crippen LogP contribution in [0.25, 0.3) is 22.2 Å². The lowest BCUT2D eigenvalue weighted by molar-refractivity contribution is 0.601. The molecule has 0 amide bonds. The quantitative estimate of drug-likeness (QED) is 0.519. The number of hydrogen-bond acceptors (Lipinski definition) is 4. The van der Waals surface area contributed by atoms with Gasteiger partial charge in [-0.15, -0.1) is 0 Å². The highest BCUT2D eigenvalue weighted by Gasteiger charge is 2.16. The third-order valence-corrected chi connectivity index (χ3v) is 5.41. The Morgan fingerprint density at radius 3 is 2.65 bits per heavy atom. The first-order valence-corrected chi connectivity index (χ1v) is 9.57. The van der Waals surface area contributed by atoms with E-state index in [0.29, 0.717) is 0 Å². The smallest absolute Gasteiger partial charge is 0.263 e. The molecule has 2 N–H and O–H groups in total. The monoisotopic (exact) mass is 384 g/mol. The number of H-pyrrole nitrogens is 1. The number of nitrogens with zero attached hydrogens (tertiary/aromatic N) is 2. The number of nitrogens with one attached hydrogen (secondary N) is 2. The summed E-state index contributed by atoms with van der Waals surface area (Å²) in [7, 11) is -3.75. The molecule has 6 nitrogen and oxygen atoms in total. The van der Waals surface area contributed by atoms with Crippen LogP contribution in [-0.4, -0.2) is 23.4 Å². The normalized spacial score (nSPS) is 11.6. The number of fused-ring (bicyclic) bond motifs is 1. The van der Waals surface area contributed by atoms with Crippen molar-refractivity contribution in [1.82, 2.24) is 15.0 Å². The van der Waals surface area contributed by atoms with Crippen molar-refractivity contribution in [3.8, 4) is 11.1 Å². The van der Waals surface area contributed by atoms with Gasteiger partial charge >= 0.3 is 0 Å². The average Bonchev–Trinajstić information content (AvgIpc) is 3.06. The molecule has 4 aromatic rings. The molecule has 0 bridgehead atoms. The summed E-state index contributed by atoms with van der Waals surface area (Å²) in [6.07, 6.45) is 3.50. The molecule has 3 aromatic heterocycles. The molecule has 0 unspecified atom stereocenters. The van der Waals surface area contributed by atoms with Crippen LogP contribution in [0.5, 0.6) is 0 Å². The minimum atomic E-state index is -3.75. The van der Waals surface area contributed by atoms with E-state index in [9.17, 15) is 8.42 Å². The van der Waals surface area contributed by atoms with Crippen LogP contribution in [0.15, 0.2) is 71.9 Å². The Balaban J connectivity index is 1.76. The van der Waals surface area contributed by atoms with E-state index in [1.165, 1.54) is 12.1 Å². The molecule has 1 aromatic carbocycles. The molecule has 0 atom stereocenters. The third kappa shape index (κ3) is 3.14. The number of hydrogen-bond donors (Lipinski definition) is 2. The van der Waals surface area contributed by atoms with Gasteiger partial charge in [-0.1, -0.05) is 29.8 Å². The Morgan fingerprint density at radius 2 is 1.85 bits per heavy atom. The van der Waals surface area contributed by atoms with E-state index in [-0.39, 0.29) is 15.9 Å². The van der Waals surface area contributed by atoms with E-state index in [1.54, 1.807) is 42.7 Å². The second-order valence-corrected chi connectivity index (χ2v) is 7.65. The summed E-state index contributed by atoms with van der Waals surface area (Å²) < 4.78 is 27.5. The molecule has 26 heavy (non-hydrogen) atoms. The third-order valence-electron chi connectivity index (χ3n) is 3.85. The maximum absolute atomic E-state index is 12.5. The van der Waals surface area contributed by atoms with Crippen LogP contribution in [0.2, 0.25) is 5.15 Å². The van der Waals surface area contributed by atoms with Crippen molar-refractivity contribution < 1.29 is 8.42 Å². The highest BCUT2D eigenvalue weighted by atomic mass is 35.5. The lowest BCUT2D eigenvalue weighted by Gasteiger charge is -2.09. The standard InChI is InChI=1S/C18H13ClN4O2S/c19-16-9-12(15-11-21-18-14(15)7-4-8-20-18)10-17(22-16)23-26(24,25)13-5-2-1-3-6-13/h1-11H,(H,20,21)(H,22,23). The molecule has 0 aliphatic carbocycles. The minimum absolute atomic E-state index is 0.148. The molecular weight excluding hydrogens is 372 g/mol. The number of sulfonamides is 1. The first-order chi connectivity index (χ1) is 12.5. The lowest BCUT2D eigenvalue weighted by Crippen LogP contribution is -2.13. The number of pyridine rings is 2. The zero-order valence-electron chi connectivity index (χ0n) is 13.3. The van der Waals surface area contributed by atoms with E-state index in [2.05, 4.69) is 19.7 Å². The zero-order valence-corrected chi connectivity index (χ0v) is 14.9. The molecule has 4 rings (SSSR count). The molecule has 0 fully saturated rings. The summed E-state index contributed by atoms with van der Waals surface area (Å²) in [5, 5.41) is 1.10. The molecule has 0 saturated carbocycles. The van der Waals surface area contributed by atoms with E-state index in [0.717, 1.165) is 22.2 Å². The van der Waals surface area contributed by atoms with E-state index < -0.39 is 10.0 Å². The summed E-state index contributed by atoms with van der Waals surface area (Å²) >= 11 is 6.12.